The molecule has 4 bridgehead atoms. The second-order valence-corrected chi connectivity index (χ2v) is 12.1. The van der Waals surface area contributed by atoms with Crippen molar-refractivity contribution in [2.75, 3.05) is 26.8 Å². The van der Waals surface area contributed by atoms with Crippen molar-refractivity contribution in [3.63, 3.8) is 0 Å². The Labute approximate surface area is 263 Å². The second kappa shape index (κ2) is 14.0. The molecule has 2 fully saturated rings. The van der Waals surface area contributed by atoms with E-state index in [-0.39, 0.29) is 37.0 Å². The van der Waals surface area contributed by atoms with E-state index in [2.05, 4.69) is 20.8 Å². The summed E-state index contributed by atoms with van der Waals surface area (Å²) < 4.78 is 17.8. The normalized spacial score (nSPS) is 21.6. The average Bonchev–Trinajstić information content (AvgIpc) is 3.57. The zero-order chi connectivity index (χ0) is 31.2. The maximum absolute atomic E-state index is 13.8. The Balaban J connectivity index is 1.22. The van der Waals surface area contributed by atoms with Gasteiger partial charge in [-0.2, -0.15) is 5.10 Å². The molecule has 1 aliphatic carbocycles. The van der Waals surface area contributed by atoms with Crippen molar-refractivity contribution in [1.82, 2.24) is 25.7 Å². The van der Waals surface area contributed by atoms with Gasteiger partial charge in [0.25, 0.3) is 11.8 Å². The number of methoxy groups -OCH3 is 1. The lowest BCUT2D eigenvalue weighted by molar-refractivity contribution is -0.125. The van der Waals surface area contributed by atoms with E-state index in [0.717, 1.165) is 42.5 Å². The van der Waals surface area contributed by atoms with Crippen LogP contribution in [0.2, 0.25) is 0 Å². The highest BCUT2D eigenvalue weighted by Crippen LogP contribution is 2.34. The van der Waals surface area contributed by atoms with Crippen molar-refractivity contribution in [2.45, 2.75) is 76.0 Å². The fourth-order valence-corrected chi connectivity index (χ4v) is 6.52. The van der Waals surface area contributed by atoms with Crippen molar-refractivity contribution in [3.8, 4) is 17.2 Å². The zero-order valence-corrected chi connectivity index (χ0v) is 25.7. The highest BCUT2D eigenvalue weighted by atomic mass is 16.5. The number of carbonyl (C=O) groups excluding carboxylic acids is 3. The number of aryl methyl sites for hydroxylation is 1. The van der Waals surface area contributed by atoms with Crippen LogP contribution in [0, 0.1) is 0 Å². The van der Waals surface area contributed by atoms with Gasteiger partial charge in [-0.05, 0) is 54.7 Å². The Morgan fingerprint density at radius 2 is 1.78 bits per heavy atom. The summed E-state index contributed by atoms with van der Waals surface area (Å²) in [6, 6.07) is 12.5. The van der Waals surface area contributed by atoms with E-state index < -0.39 is 6.04 Å². The minimum Gasteiger partial charge on any atom is -0.493 e. The summed E-state index contributed by atoms with van der Waals surface area (Å²) in [5.74, 6) is 1.41. The number of likely N-dealkylation sites (tertiary alicyclic amines) is 1. The molecular formula is C34H41N5O6. The Morgan fingerprint density at radius 1 is 0.978 bits per heavy atom. The molecule has 2 atom stereocenters. The molecule has 238 valence electrons. The molecule has 1 aromatic heterocycles. The van der Waals surface area contributed by atoms with Crippen LogP contribution in [0.1, 0.15) is 78.0 Å². The Hall–Kier alpha value is -4.54. The summed E-state index contributed by atoms with van der Waals surface area (Å²) in [6.07, 6.45) is 8.30. The van der Waals surface area contributed by atoms with Crippen LogP contribution in [0.15, 0.2) is 48.7 Å². The van der Waals surface area contributed by atoms with Crippen molar-refractivity contribution < 1.29 is 28.6 Å². The molecule has 0 unspecified atom stereocenters. The lowest BCUT2D eigenvalue weighted by atomic mass is 9.85. The smallest absolute Gasteiger partial charge is 0.258 e. The molecule has 2 aromatic carbocycles. The number of amides is 3. The molecule has 0 radical (unpaired) electrons. The molecule has 6 aliphatic rings. The first-order chi connectivity index (χ1) is 22.0. The van der Waals surface area contributed by atoms with Crippen molar-refractivity contribution >= 4 is 17.7 Å². The Kier molecular flexibility index (Phi) is 9.52. The molecule has 45 heavy (non-hydrogen) atoms. The summed E-state index contributed by atoms with van der Waals surface area (Å²) in [5.41, 5.74) is 3.41. The third-order valence-corrected chi connectivity index (χ3v) is 9.02. The monoisotopic (exact) mass is 615 g/mol. The molecule has 9 rings (SSSR count). The van der Waals surface area contributed by atoms with Gasteiger partial charge in [0.2, 0.25) is 5.91 Å². The van der Waals surface area contributed by atoms with Crippen LogP contribution in [0.4, 0.5) is 0 Å². The molecule has 3 amide bonds. The number of nitrogens with zero attached hydrogens (tertiary/aromatic N) is 2. The number of nitrogens with one attached hydrogen (secondary N) is 3. The molecule has 1 saturated heterocycles. The van der Waals surface area contributed by atoms with Gasteiger partial charge < -0.3 is 29.7 Å². The lowest BCUT2D eigenvalue weighted by Gasteiger charge is -2.39. The summed E-state index contributed by atoms with van der Waals surface area (Å²) in [4.78, 5) is 41.4. The van der Waals surface area contributed by atoms with E-state index in [4.69, 9.17) is 14.2 Å². The first kappa shape index (κ1) is 30.5. The number of piperidine rings is 1. The summed E-state index contributed by atoms with van der Waals surface area (Å²) in [5, 5.41) is 13.4. The molecule has 0 spiro atoms. The molecule has 11 nitrogen and oxygen atoms in total. The van der Waals surface area contributed by atoms with Crippen molar-refractivity contribution in [2.24, 2.45) is 0 Å². The summed E-state index contributed by atoms with van der Waals surface area (Å²) >= 11 is 0. The molecule has 1 saturated carbocycles. The zero-order valence-electron chi connectivity index (χ0n) is 25.7. The number of benzene rings is 2. The number of carbonyl (C=O) groups is 3. The third kappa shape index (κ3) is 7.41. The summed E-state index contributed by atoms with van der Waals surface area (Å²) in [6.45, 7) is 0.935. The number of hydrogen-bond donors (Lipinski definition) is 3. The van der Waals surface area contributed by atoms with Crippen LogP contribution in [-0.4, -0.2) is 71.8 Å². The van der Waals surface area contributed by atoms with Crippen LogP contribution >= 0.6 is 0 Å². The number of hydrogen-bond acceptors (Lipinski definition) is 7. The van der Waals surface area contributed by atoms with Crippen LogP contribution in [-0.2, 0) is 22.6 Å². The van der Waals surface area contributed by atoms with Gasteiger partial charge in [-0.25, -0.2) is 0 Å². The number of aromatic nitrogens is 2. The van der Waals surface area contributed by atoms with E-state index in [1.54, 1.807) is 17.2 Å². The SMILES string of the molecule is COc1cc2ccc1OCC(=O)N[C@@H]1CN(C(=O)c3cn[nH]c3C3CCCCC3)CC[C@H]1Oc1ccc(cc1)CNC(=O)CC2. The molecular weight excluding hydrogens is 574 g/mol. The van der Waals surface area contributed by atoms with E-state index in [0.29, 0.717) is 61.1 Å². The van der Waals surface area contributed by atoms with Gasteiger partial charge in [0.05, 0.1) is 30.6 Å². The van der Waals surface area contributed by atoms with Gasteiger partial charge in [0, 0.05) is 38.4 Å². The molecule has 5 aliphatic heterocycles. The minimum absolute atomic E-state index is 0.0499. The van der Waals surface area contributed by atoms with Crippen LogP contribution < -0.4 is 24.8 Å². The predicted octanol–water partition coefficient (Wildman–Crippen LogP) is 3.89. The number of H-pyrrole nitrogens is 1. The van der Waals surface area contributed by atoms with E-state index >= 15 is 0 Å². The Morgan fingerprint density at radius 3 is 2.58 bits per heavy atom. The molecule has 6 heterocycles. The third-order valence-electron chi connectivity index (χ3n) is 9.02. The maximum atomic E-state index is 13.8. The Bertz CT molecular complexity index is 1500. The van der Waals surface area contributed by atoms with Gasteiger partial charge in [-0.3, -0.25) is 19.5 Å². The number of rotatable bonds is 3. The summed E-state index contributed by atoms with van der Waals surface area (Å²) in [7, 11) is 1.54. The van der Waals surface area contributed by atoms with Crippen molar-refractivity contribution in [3.05, 3.63) is 71.0 Å². The van der Waals surface area contributed by atoms with E-state index in [9.17, 15) is 14.4 Å². The van der Waals surface area contributed by atoms with E-state index in [1.165, 1.54) is 13.5 Å². The molecule has 3 aromatic rings. The molecule has 3 N–H and O–H groups in total. The molecule has 11 heteroatoms. The predicted molar refractivity (Wildman–Crippen MR) is 166 cm³/mol. The quantitative estimate of drug-likeness (QED) is 0.407. The van der Waals surface area contributed by atoms with Gasteiger partial charge in [-0.15, -0.1) is 0 Å². The van der Waals surface area contributed by atoms with Gasteiger partial charge in [0.1, 0.15) is 11.9 Å². The van der Waals surface area contributed by atoms with Crippen LogP contribution in [0.5, 0.6) is 17.2 Å². The van der Waals surface area contributed by atoms with Crippen LogP contribution in [0.25, 0.3) is 0 Å². The maximum Gasteiger partial charge on any atom is 0.258 e. The number of ether oxygens (including phenoxy) is 3. The highest BCUT2D eigenvalue weighted by molar-refractivity contribution is 5.95. The first-order valence-electron chi connectivity index (χ1n) is 15.9. The minimum atomic E-state index is -0.474. The number of aromatic amines is 1. The van der Waals surface area contributed by atoms with E-state index in [1.807, 2.05) is 36.4 Å². The topological polar surface area (TPSA) is 135 Å². The van der Waals surface area contributed by atoms with Gasteiger partial charge >= 0.3 is 0 Å². The standard InChI is InChI=1S/C34H41N5O6/c1-43-30-17-22-9-13-29(30)44-21-32(41)37-27-20-39(34(42)26-19-36-38-33(26)24-5-3-2-4-6-24)16-15-28(27)45-25-11-7-23(8-12-25)18-35-31(40)14-10-22/h7-9,11-13,17,19,24,27-28H,2-6,10,14-16,18,20-21H2,1H3,(H,35,40)(H,36,38)(H,37,41)/t27-,28-/m1/s1. The fraction of sp³-hybridized carbons (Fsp3) is 0.471. The van der Waals surface area contributed by atoms with Crippen molar-refractivity contribution in [1.29, 1.82) is 0 Å². The first-order valence-corrected chi connectivity index (χ1v) is 15.9. The van der Waals surface area contributed by atoms with Crippen LogP contribution in [0.3, 0.4) is 0 Å². The highest BCUT2D eigenvalue weighted by Gasteiger charge is 2.36. The fourth-order valence-electron chi connectivity index (χ4n) is 6.52. The van der Waals surface area contributed by atoms with Gasteiger partial charge in [0.15, 0.2) is 18.1 Å². The largest absolute Gasteiger partial charge is 0.493 e. The van der Waals surface area contributed by atoms with Gasteiger partial charge in [-0.1, -0.05) is 37.5 Å². The average molecular weight is 616 g/mol. The second-order valence-electron chi connectivity index (χ2n) is 12.1. The lowest BCUT2D eigenvalue weighted by Crippen LogP contribution is -2.58.